The first-order valence-electron chi connectivity index (χ1n) is 3.47. The molecule has 3 nitrogen and oxygen atoms in total. The highest BCUT2D eigenvalue weighted by Crippen LogP contribution is 2.13. The Morgan fingerprint density at radius 3 is 3.18 bits per heavy atom. The maximum Gasteiger partial charge on any atom is 0.0878 e. The molecule has 0 bridgehead atoms. The number of aromatic nitrogens is 2. The highest BCUT2D eigenvalue weighted by Gasteiger charge is 1.97. The Labute approximate surface area is 64.4 Å². The van der Waals surface area contributed by atoms with Crippen molar-refractivity contribution >= 4 is 11.2 Å². The summed E-state index contributed by atoms with van der Waals surface area (Å²) in [4.78, 5) is 0. The molecule has 2 aromatic heterocycles. The van der Waals surface area contributed by atoms with Crippen LogP contribution in [0.5, 0.6) is 0 Å². The van der Waals surface area contributed by atoms with Crippen molar-refractivity contribution in [2.24, 2.45) is 0 Å². The second kappa shape index (κ2) is 1.99. The Balaban J connectivity index is 2.87. The van der Waals surface area contributed by atoms with Crippen molar-refractivity contribution in [3.8, 4) is 0 Å². The Kier molecular flexibility index (Phi) is 1.12. The topological polar surface area (TPSA) is 43.3 Å². The van der Waals surface area contributed by atoms with E-state index in [4.69, 9.17) is 5.73 Å². The van der Waals surface area contributed by atoms with Crippen LogP contribution in [0, 0.1) is 6.92 Å². The molecule has 3 heteroatoms. The molecule has 2 aromatic rings. The van der Waals surface area contributed by atoms with Gasteiger partial charge in [-0.25, -0.2) is 4.52 Å². The minimum atomic E-state index is 0.779. The van der Waals surface area contributed by atoms with Crippen molar-refractivity contribution in [1.29, 1.82) is 0 Å². The molecule has 0 fully saturated rings. The van der Waals surface area contributed by atoms with Gasteiger partial charge in [-0.15, -0.1) is 0 Å². The zero-order chi connectivity index (χ0) is 7.84. The van der Waals surface area contributed by atoms with Gasteiger partial charge in [0.2, 0.25) is 0 Å². The number of nitrogen functional groups attached to an aromatic ring is 1. The van der Waals surface area contributed by atoms with Crippen LogP contribution in [-0.4, -0.2) is 9.61 Å². The number of hydrogen-bond donors (Lipinski definition) is 1. The van der Waals surface area contributed by atoms with Crippen LogP contribution in [0.3, 0.4) is 0 Å². The largest absolute Gasteiger partial charge is 0.397 e. The number of nitrogens with two attached hydrogens (primary N) is 1. The number of aryl methyl sites for hydroxylation is 1. The lowest BCUT2D eigenvalue weighted by atomic mass is 10.3. The molecular formula is C8H9N3. The SMILES string of the molecule is Cc1cnn2ccc(N)c2c1. The van der Waals surface area contributed by atoms with Crippen LogP contribution in [0.1, 0.15) is 5.56 Å². The molecule has 0 saturated heterocycles. The fourth-order valence-electron chi connectivity index (χ4n) is 1.11. The van der Waals surface area contributed by atoms with Crippen LogP contribution in [0.25, 0.3) is 5.52 Å². The minimum absolute atomic E-state index is 0.779. The van der Waals surface area contributed by atoms with E-state index in [0.717, 1.165) is 16.8 Å². The number of fused-ring (bicyclic) bond motifs is 1. The number of rotatable bonds is 0. The average molecular weight is 147 g/mol. The minimum Gasteiger partial charge on any atom is -0.397 e. The monoisotopic (exact) mass is 147 g/mol. The molecule has 0 radical (unpaired) electrons. The second-order valence-electron chi connectivity index (χ2n) is 2.63. The van der Waals surface area contributed by atoms with Gasteiger partial charge in [-0.05, 0) is 24.6 Å². The van der Waals surface area contributed by atoms with Gasteiger partial charge in [0.1, 0.15) is 0 Å². The van der Waals surface area contributed by atoms with E-state index in [1.165, 1.54) is 0 Å². The standard InChI is InChI=1S/C8H9N3/c1-6-4-8-7(9)2-3-11(8)10-5-6/h2-5H,9H2,1H3. The first-order chi connectivity index (χ1) is 5.27. The molecule has 2 rings (SSSR count). The maximum absolute atomic E-state index is 5.68. The maximum atomic E-state index is 5.68. The van der Waals surface area contributed by atoms with E-state index in [1.54, 1.807) is 4.52 Å². The van der Waals surface area contributed by atoms with Gasteiger partial charge in [-0.1, -0.05) is 0 Å². The van der Waals surface area contributed by atoms with Crippen molar-refractivity contribution in [3.63, 3.8) is 0 Å². The summed E-state index contributed by atoms with van der Waals surface area (Å²) in [7, 11) is 0. The predicted molar refractivity (Wildman–Crippen MR) is 44.3 cm³/mol. The van der Waals surface area contributed by atoms with Gasteiger partial charge in [0.25, 0.3) is 0 Å². The van der Waals surface area contributed by atoms with Gasteiger partial charge in [0, 0.05) is 6.20 Å². The summed E-state index contributed by atoms with van der Waals surface area (Å²) in [6.45, 7) is 2.00. The number of anilines is 1. The Hall–Kier alpha value is -1.51. The van der Waals surface area contributed by atoms with E-state index in [1.807, 2.05) is 31.5 Å². The highest BCUT2D eigenvalue weighted by atomic mass is 15.2. The van der Waals surface area contributed by atoms with Gasteiger partial charge < -0.3 is 5.73 Å². The summed E-state index contributed by atoms with van der Waals surface area (Å²) >= 11 is 0. The molecule has 0 aliphatic heterocycles. The van der Waals surface area contributed by atoms with E-state index in [0.29, 0.717) is 0 Å². The van der Waals surface area contributed by atoms with Gasteiger partial charge in [-0.3, -0.25) is 0 Å². The molecule has 56 valence electrons. The smallest absolute Gasteiger partial charge is 0.0878 e. The van der Waals surface area contributed by atoms with Crippen molar-refractivity contribution < 1.29 is 0 Å². The fraction of sp³-hybridized carbons (Fsp3) is 0.125. The molecular weight excluding hydrogens is 138 g/mol. The van der Waals surface area contributed by atoms with Crippen LogP contribution in [0.2, 0.25) is 0 Å². The van der Waals surface area contributed by atoms with Gasteiger partial charge >= 0.3 is 0 Å². The average Bonchev–Trinajstić information content (AvgIpc) is 2.33. The lowest BCUT2D eigenvalue weighted by molar-refractivity contribution is 0.932. The zero-order valence-corrected chi connectivity index (χ0v) is 6.28. The molecule has 2 N–H and O–H groups in total. The first kappa shape index (κ1) is 6.22. The van der Waals surface area contributed by atoms with E-state index in [2.05, 4.69) is 5.10 Å². The lowest BCUT2D eigenvalue weighted by Gasteiger charge is -1.95. The third-order valence-corrected chi connectivity index (χ3v) is 1.69. The summed E-state index contributed by atoms with van der Waals surface area (Å²) in [5.74, 6) is 0. The van der Waals surface area contributed by atoms with E-state index < -0.39 is 0 Å². The van der Waals surface area contributed by atoms with Crippen LogP contribution >= 0.6 is 0 Å². The predicted octanol–water partition coefficient (Wildman–Crippen LogP) is 1.22. The normalized spacial score (nSPS) is 10.6. The number of hydrogen-bond acceptors (Lipinski definition) is 2. The van der Waals surface area contributed by atoms with Crippen molar-refractivity contribution in [3.05, 3.63) is 30.1 Å². The molecule has 0 aliphatic rings. The van der Waals surface area contributed by atoms with Gasteiger partial charge in [-0.2, -0.15) is 5.10 Å². The van der Waals surface area contributed by atoms with E-state index in [9.17, 15) is 0 Å². The van der Waals surface area contributed by atoms with Crippen LogP contribution in [0.15, 0.2) is 24.5 Å². The van der Waals surface area contributed by atoms with Crippen LogP contribution in [0.4, 0.5) is 5.69 Å². The van der Waals surface area contributed by atoms with E-state index in [-0.39, 0.29) is 0 Å². The molecule has 11 heavy (non-hydrogen) atoms. The van der Waals surface area contributed by atoms with Crippen molar-refractivity contribution in [2.75, 3.05) is 5.73 Å². The van der Waals surface area contributed by atoms with Crippen molar-refractivity contribution in [2.45, 2.75) is 6.92 Å². The summed E-state index contributed by atoms with van der Waals surface area (Å²) < 4.78 is 1.77. The molecule has 0 unspecified atom stereocenters. The molecule has 0 saturated carbocycles. The third kappa shape index (κ3) is 0.852. The molecule has 0 aromatic carbocycles. The van der Waals surface area contributed by atoms with Gasteiger partial charge in [0.05, 0.1) is 17.4 Å². The van der Waals surface area contributed by atoms with Crippen LogP contribution in [-0.2, 0) is 0 Å². The summed E-state index contributed by atoms with van der Waals surface area (Å²) in [5, 5.41) is 4.14. The van der Waals surface area contributed by atoms with Crippen LogP contribution < -0.4 is 5.73 Å². The lowest BCUT2D eigenvalue weighted by Crippen LogP contribution is -1.91. The van der Waals surface area contributed by atoms with E-state index >= 15 is 0 Å². The number of nitrogens with zero attached hydrogens (tertiary/aromatic N) is 2. The molecule has 0 aliphatic carbocycles. The Bertz CT molecular complexity index is 389. The van der Waals surface area contributed by atoms with Crippen molar-refractivity contribution in [1.82, 2.24) is 9.61 Å². The highest BCUT2D eigenvalue weighted by molar-refractivity contribution is 5.69. The summed E-state index contributed by atoms with van der Waals surface area (Å²) in [6.07, 6.45) is 3.66. The zero-order valence-electron chi connectivity index (χ0n) is 6.28. The Morgan fingerprint density at radius 2 is 2.36 bits per heavy atom. The fourth-order valence-corrected chi connectivity index (χ4v) is 1.11. The quantitative estimate of drug-likeness (QED) is 0.609. The summed E-state index contributed by atoms with van der Waals surface area (Å²) in [6, 6.07) is 3.87. The molecule has 0 atom stereocenters. The summed E-state index contributed by atoms with van der Waals surface area (Å²) in [5.41, 5.74) is 8.57. The first-order valence-corrected chi connectivity index (χ1v) is 3.47. The molecule has 0 amide bonds. The van der Waals surface area contributed by atoms with Gasteiger partial charge in [0.15, 0.2) is 0 Å². The Morgan fingerprint density at radius 1 is 1.55 bits per heavy atom. The third-order valence-electron chi connectivity index (χ3n) is 1.69. The molecule has 0 spiro atoms. The second-order valence-corrected chi connectivity index (χ2v) is 2.63. The molecule has 2 heterocycles.